The zero-order valence-corrected chi connectivity index (χ0v) is 11.2. The molecule has 4 heteroatoms. The molecule has 4 nitrogen and oxygen atoms in total. The van der Waals surface area contributed by atoms with Crippen LogP contribution in [0.25, 0.3) is 5.70 Å². The van der Waals surface area contributed by atoms with Gasteiger partial charge in [-0.2, -0.15) is 0 Å². The largest absolute Gasteiger partial charge is 0.464 e. The standard InChI is InChI=1S/C14H18N2O2/c1-6-7-12(13(15-4)14(17)18-5)16-10(2)8-9-11(16)3/h6-9H,4H2,1-3,5H3/b7-6-,13-12+. The lowest BCUT2D eigenvalue weighted by Crippen LogP contribution is -2.10. The lowest BCUT2D eigenvalue weighted by Gasteiger charge is -2.13. The molecule has 0 N–H and O–H groups in total. The number of ether oxygens (including phenoxy) is 1. The van der Waals surface area contributed by atoms with Crippen molar-refractivity contribution in [3.05, 3.63) is 41.4 Å². The third kappa shape index (κ3) is 2.59. The highest BCUT2D eigenvalue weighted by Crippen LogP contribution is 2.21. The third-order valence-electron chi connectivity index (χ3n) is 2.62. The van der Waals surface area contributed by atoms with E-state index in [0.717, 1.165) is 11.4 Å². The van der Waals surface area contributed by atoms with Crippen molar-refractivity contribution in [3.8, 4) is 0 Å². The summed E-state index contributed by atoms with van der Waals surface area (Å²) in [6, 6.07) is 3.97. The van der Waals surface area contributed by atoms with Gasteiger partial charge in [0.05, 0.1) is 12.8 Å². The lowest BCUT2D eigenvalue weighted by atomic mass is 10.2. The van der Waals surface area contributed by atoms with Gasteiger partial charge in [-0.15, -0.1) is 0 Å². The van der Waals surface area contributed by atoms with Crippen LogP contribution in [0.15, 0.2) is 35.0 Å². The number of carbonyl (C=O) groups is 1. The molecule has 0 bridgehead atoms. The molecule has 1 aromatic heterocycles. The summed E-state index contributed by atoms with van der Waals surface area (Å²) in [5, 5.41) is 0. The number of aliphatic imine (C=N–C) groups is 1. The van der Waals surface area contributed by atoms with E-state index in [4.69, 9.17) is 4.74 Å². The van der Waals surface area contributed by atoms with Gasteiger partial charge in [0.2, 0.25) is 0 Å². The fourth-order valence-corrected chi connectivity index (χ4v) is 1.81. The summed E-state index contributed by atoms with van der Waals surface area (Å²) in [6.45, 7) is 9.26. The summed E-state index contributed by atoms with van der Waals surface area (Å²) in [5.41, 5.74) is 2.91. The molecule has 0 aliphatic heterocycles. The molecule has 18 heavy (non-hydrogen) atoms. The maximum atomic E-state index is 11.7. The predicted molar refractivity (Wildman–Crippen MR) is 73.5 cm³/mol. The predicted octanol–water partition coefficient (Wildman–Crippen LogP) is 2.72. The number of aryl methyl sites for hydroxylation is 2. The molecule has 1 heterocycles. The normalized spacial score (nSPS) is 12.4. The molecule has 1 aromatic rings. The number of esters is 1. The van der Waals surface area contributed by atoms with Gasteiger partial charge in [-0.05, 0) is 45.7 Å². The maximum Gasteiger partial charge on any atom is 0.358 e. The van der Waals surface area contributed by atoms with Crippen LogP contribution in [0.2, 0.25) is 0 Å². The van der Waals surface area contributed by atoms with Crippen LogP contribution in [-0.2, 0) is 9.53 Å². The highest BCUT2D eigenvalue weighted by molar-refractivity contribution is 5.96. The van der Waals surface area contributed by atoms with Crippen molar-refractivity contribution >= 4 is 18.4 Å². The van der Waals surface area contributed by atoms with Gasteiger partial charge in [0, 0.05) is 11.4 Å². The molecular weight excluding hydrogens is 228 g/mol. The van der Waals surface area contributed by atoms with E-state index in [2.05, 4.69) is 11.7 Å². The Morgan fingerprint density at radius 2 is 1.94 bits per heavy atom. The second kappa shape index (κ2) is 6.00. The monoisotopic (exact) mass is 246 g/mol. The van der Waals surface area contributed by atoms with E-state index in [1.807, 2.05) is 49.6 Å². The molecule has 1 rings (SSSR count). The molecule has 0 fully saturated rings. The molecule has 96 valence electrons. The first-order chi connectivity index (χ1) is 8.56. The molecule has 0 spiro atoms. The minimum atomic E-state index is -0.495. The first kappa shape index (κ1) is 14.0. The molecule has 0 radical (unpaired) electrons. The molecule has 0 atom stereocenters. The lowest BCUT2D eigenvalue weighted by molar-refractivity contribution is -0.136. The number of hydrogen-bond acceptors (Lipinski definition) is 3. The van der Waals surface area contributed by atoms with Crippen molar-refractivity contribution in [3.63, 3.8) is 0 Å². The molecular formula is C14H18N2O2. The minimum Gasteiger partial charge on any atom is -0.464 e. The molecule has 0 amide bonds. The third-order valence-corrected chi connectivity index (χ3v) is 2.62. The molecule has 0 unspecified atom stereocenters. The first-order valence-corrected chi connectivity index (χ1v) is 5.64. The van der Waals surface area contributed by atoms with Crippen molar-refractivity contribution in [2.75, 3.05) is 7.11 Å². The van der Waals surface area contributed by atoms with Gasteiger partial charge < -0.3 is 9.30 Å². The van der Waals surface area contributed by atoms with Crippen molar-refractivity contribution in [1.82, 2.24) is 4.57 Å². The Kier molecular flexibility index (Phi) is 4.66. The van der Waals surface area contributed by atoms with Crippen LogP contribution in [0.4, 0.5) is 0 Å². The number of allylic oxidation sites excluding steroid dienone is 3. The van der Waals surface area contributed by atoms with Gasteiger partial charge in [0.15, 0.2) is 5.70 Å². The van der Waals surface area contributed by atoms with E-state index in [9.17, 15) is 4.79 Å². The van der Waals surface area contributed by atoms with E-state index >= 15 is 0 Å². The summed E-state index contributed by atoms with van der Waals surface area (Å²) >= 11 is 0. The van der Waals surface area contributed by atoms with Gasteiger partial charge in [-0.25, -0.2) is 4.79 Å². The van der Waals surface area contributed by atoms with Crippen molar-refractivity contribution < 1.29 is 9.53 Å². The molecule has 0 aliphatic rings. The summed E-state index contributed by atoms with van der Waals surface area (Å²) in [7, 11) is 1.33. The molecule has 0 saturated carbocycles. The Balaban J connectivity index is 3.55. The van der Waals surface area contributed by atoms with Gasteiger partial charge in [-0.1, -0.05) is 6.08 Å². The van der Waals surface area contributed by atoms with Gasteiger partial charge in [0.25, 0.3) is 0 Å². The topological polar surface area (TPSA) is 43.6 Å². The Bertz CT molecular complexity index is 502. The van der Waals surface area contributed by atoms with Crippen molar-refractivity contribution in [1.29, 1.82) is 0 Å². The minimum absolute atomic E-state index is 0.206. The van der Waals surface area contributed by atoms with Crippen LogP contribution >= 0.6 is 0 Å². The van der Waals surface area contributed by atoms with Crippen LogP contribution in [-0.4, -0.2) is 24.4 Å². The fraction of sp³-hybridized carbons (Fsp3) is 0.286. The SMILES string of the molecule is C=N/C(C(=O)OC)=C(\C=C/C)n1c(C)ccc1C. The molecule has 0 aliphatic carbocycles. The van der Waals surface area contributed by atoms with Crippen LogP contribution in [0, 0.1) is 13.8 Å². The average molecular weight is 246 g/mol. The maximum absolute atomic E-state index is 11.7. The quantitative estimate of drug-likeness (QED) is 0.355. The Morgan fingerprint density at radius 1 is 1.39 bits per heavy atom. The average Bonchev–Trinajstić information content (AvgIpc) is 2.68. The smallest absolute Gasteiger partial charge is 0.358 e. The van der Waals surface area contributed by atoms with E-state index in [1.165, 1.54) is 7.11 Å². The number of hydrogen-bond donors (Lipinski definition) is 0. The van der Waals surface area contributed by atoms with Crippen LogP contribution in [0.1, 0.15) is 18.3 Å². The fourth-order valence-electron chi connectivity index (χ4n) is 1.81. The van der Waals surface area contributed by atoms with Crippen molar-refractivity contribution in [2.24, 2.45) is 4.99 Å². The van der Waals surface area contributed by atoms with E-state index in [0.29, 0.717) is 5.70 Å². The number of carbonyl (C=O) groups excluding carboxylic acids is 1. The van der Waals surface area contributed by atoms with Gasteiger partial charge >= 0.3 is 5.97 Å². The number of rotatable bonds is 4. The van der Waals surface area contributed by atoms with E-state index in [1.54, 1.807) is 0 Å². The Hall–Kier alpha value is -2.10. The Morgan fingerprint density at radius 3 is 2.33 bits per heavy atom. The molecule has 0 saturated heterocycles. The summed E-state index contributed by atoms with van der Waals surface area (Å²) in [4.78, 5) is 15.5. The van der Waals surface area contributed by atoms with Crippen molar-refractivity contribution in [2.45, 2.75) is 20.8 Å². The van der Waals surface area contributed by atoms with Crippen LogP contribution in [0.3, 0.4) is 0 Å². The zero-order valence-electron chi connectivity index (χ0n) is 11.2. The number of aromatic nitrogens is 1. The van der Waals surface area contributed by atoms with Crippen LogP contribution in [0.5, 0.6) is 0 Å². The highest BCUT2D eigenvalue weighted by atomic mass is 16.5. The van der Waals surface area contributed by atoms with Crippen LogP contribution < -0.4 is 0 Å². The van der Waals surface area contributed by atoms with E-state index in [-0.39, 0.29) is 5.70 Å². The zero-order chi connectivity index (χ0) is 13.7. The number of nitrogens with zero attached hydrogens (tertiary/aromatic N) is 2. The second-order valence-electron chi connectivity index (χ2n) is 3.84. The Labute approximate surface area is 107 Å². The van der Waals surface area contributed by atoms with Gasteiger partial charge in [0.1, 0.15) is 0 Å². The first-order valence-electron chi connectivity index (χ1n) is 5.64. The summed E-state index contributed by atoms with van der Waals surface area (Å²) < 4.78 is 6.68. The highest BCUT2D eigenvalue weighted by Gasteiger charge is 2.16. The molecule has 0 aromatic carbocycles. The summed E-state index contributed by atoms with van der Waals surface area (Å²) in [5.74, 6) is -0.495. The second-order valence-corrected chi connectivity index (χ2v) is 3.84. The summed E-state index contributed by atoms with van der Waals surface area (Å²) in [6.07, 6.45) is 3.67. The van der Waals surface area contributed by atoms with Gasteiger partial charge in [-0.3, -0.25) is 4.99 Å². The van der Waals surface area contributed by atoms with E-state index < -0.39 is 5.97 Å². The number of methoxy groups -OCH3 is 1.